The zero-order valence-corrected chi connectivity index (χ0v) is 9.58. The highest BCUT2D eigenvalue weighted by Gasteiger charge is 2.36. The molecule has 0 radical (unpaired) electrons. The van der Waals surface area contributed by atoms with E-state index in [0.29, 0.717) is 0 Å². The highest BCUT2D eigenvalue weighted by atomic mass is 79.9. The Bertz CT molecular complexity index is 456. The highest BCUT2D eigenvalue weighted by Crippen LogP contribution is 2.40. The van der Waals surface area contributed by atoms with Gasteiger partial charge in [-0.25, -0.2) is 0 Å². The van der Waals surface area contributed by atoms with Gasteiger partial charge in [-0.15, -0.1) is 0 Å². The summed E-state index contributed by atoms with van der Waals surface area (Å²) in [6, 6.07) is 2.39. The number of ketones is 1. The topological polar surface area (TPSA) is 29.1 Å². The Morgan fingerprint density at radius 1 is 1.31 bits per heavy atom. The van der Waals surface area contributed by atoms with Gasteiger partial charge in [0.2, 0.25) is 0 Å². The fraction of sp³-hybridized carbons (Fsp3) is 0.300. The van der Waals surface area contributed by atoms with E-state index in [-0.39, 0.29) is 34.5 Å². The maximum absolute atomic E-state index is 12.7. The minimum absolute atomic E-state index is 0.105. The van der Waals surface area contributed by atoms with Crippen LogP contribution in [0.25, 0.3) is 0 Å². The van der Waals surface area contributed by atoms with Gasteiger partial charge in [-0.2, -0.15) is 13.2 Å². The van der Waals surface area contributed by atoms with Crippen molar-refractivity contribution in [3.8, 4) is 0 Å². The number of fused-ring (bicyclic) bond motifs is 1. The number of alkyl halides is 3. The van der Waals surface area contributed by atoms with Crippen LogP contribution in [-0.4, -0.2) is 12.3 Å². The molecule has 2 nitrogen and oxygen atoms in total. The number of benzene rings is 1. The molecule has 0 atom stereocenters. The number of carbonyl (C=O) groups excluding carboxylic acids is 1. The van der Waals surface area contributed by atoms with Gasteiger partial charge >= 0.3 is 6.18 Å². The number of nitrogens with one attached hydrogen (secondary N) is 1. The third-order valence-electron chi connectivity index (χ3n) is 2.36. The second-order valence-electron chi connectivity index (χ2n) is 3.47. The molecule has 1 aliphatic rings. The molecule has 0 bridgehead atoms. The Kier molecular flexibility index (Phi) is 2.69. The molecule has 1 heterocycles. The van der Waals surface area contributed by atoms with E-state index in [2.05, 4.69) is 21.2 Å². The number of rotatable bonds is 0. The van der Waals surface area contributed by atoms with Crippen LogP contribution in [-0.2, 0) is 6.18 Å². The zero-order valence-electron chi connectivity index (χ0n) is 7.99. The van der Waals surface area contributed by atoms with E-state index < -0.39 is 11.7 Å². The van der Waals surface area contributed by atoms with Gasteiger partial charge in [-0.3, -0.25) is 4.79 Å². The summed E-state index contributed by atoms with van der Waals surface area (Å²) in [6.07, 6.45) is -4.24. The molecule has 6 heteroatoms. The molecular formula is C10H7BrF3NO. The Morgan fingerprint density at radius 3 is 2.62 bits per heavy atom. The second kappa shape index (κ2) is 3.76. The fourth-order valence-corrected chi connectivity index (χ4v) is 2.13. The number of Topliss-reactive ketones (excluding diaryl/α,β-unsaturated/α-hetero) is 1. The molecule has 16 heavy (non-hydrogen) atoms. The van der Waals surface area contributed by atoms with Crippen molar-refractivity contribution >= 4 is 27.4 Å². The molecule has 0 saturated carbocycles. The third kappa shape index (κ3) is 1.93. The molecule has 2 rings (SSSR count). The predicted molar refractivity (Wildman–Crippen MR) is 56.6 cm³/mol. The van der Waals surface area contributed by atoms with Gasteiger partial charge < -0.3 is 5.32 Å². The van der Waals surface area contributed by atoms with E-state index in [1.165, 1.54) is 6.07 Å². The molecule has 0 spiro atoms. The van der Waals surface area contributed by atoms with E-state index in [0.717, 1.165) is 6.07 Å². The number of halogens is 4. The zero-order chi connectivity index (χ0) is 11.9. The monoisotopic (exact) mass is 293 g/mol. The van der Waals surface area contributed by atoms with Gasteiger partial charge in [-0.05, 0) is 12.1 Å². The summed E-state index contributed by atoms with van der Waals surface area (Å²) >= 11 is 2.98. The van der Waals surface area contributed by atoms with E-state index in [1.54, 1.807) is 0 Å². The van der Waals surface area contributed by atoms with Gasteiger partial charge in [0.1, 0.15) is 0 Å². The van der Waals surface area contributed by atoms with Gasteiger partial charge in [0.25, 0.3) is 0 Å². The van der Waals surface area contributed by atoms with Crippen molar-refractivity contribution in [3.05, 3.63) is 27.7 Å². The number of hydrogen-bond donors (Lipinski definition) is 1. The third-order valence-corrected chi connectivity index (χ3v) is 2.82. The number of anilines is 1. The minimum atomic E-state index is -4.46. The largest absolute Gasteiger partial charge is 0.418 e. The lowest BCUT2D eigenvalue weighted by atomic mass is 9.98. The summed E-state index contributed by atoms with van der Waals surface area (Å²) < 4.78 is 38.4. The first-order valence-corrected chi connectivity index (χ1v) is 5.36. The molecule has 1 aliphatic heterocycles. The van der Waals surface area contributed by atoms with Crippen LogP contribution in [0.3, 0.4) is 0 Å². The van der Waals surface area contributed by atoms with Crippen LogP contribution in [0.1, 0.15) is 22.3 Å². The second-order valence-corrected chi connectivity index (χ2v) is 4.39. The van der Waals surface area contributed by atoms with Crippen molar-refractivity contribution < 1.29 is 18.0 Å². The summed E-state index contributed by atoms with van der Waals surface area (Å²) in [5.41, 5.74) is -0.801. The predicted octanol–water partition coefficient (Wildman–Crippen LogP) is 3.47. The molecule has 0 aromatic heterocycles. The van der Waals surface area contributed by atoms with Gasteiger partial charge in [0.05, 0.1) is 11.3 Å². The first-order chi connectivity index (χ1) is 7.39. The van der Waals surface area contributed by atoms with Crippen molar-refractivity contribution in [3.63, 3.8) is 0 Å². The van der Waals surface area contributed by atoms with E-state index >= 15 is 0 Å². The molecule has 0 amide bonds. The average molecular weight is 294 g/mol. The number of carbonyl (C=O) groups is 1. The van der Waals surface area contributed by atoms with Gasteiger partial charge in [0.15, 0.2) is 5.78 Å². The lowest BCUT2D eigenvalue weighted by molar-refractivity contribution is -0.137. The summed E-state index contributed by atoms with van der Waals surface area (Å²) in [4.78, 5) is 11.5. The van der Waals surface area contributed by atoms with Crippen molar-refractivity contribution in [2.45, 2.75) is 12.6 Å². The molecular weight excluding hydrogens is 287 g/mol. The summed E-state index contributed by atoms with van der Waals surface area (Å²) in [6.45, 7) is 0.247. The van der Waals surface area contributed by atoms with Crippen molar-refractivity contribution in [2.75, 3.05) is 11.9 Å². The summed E-state index contributed by atoms with van der Waals surface area (Å²) in [5.74, 6) is -0.263. The van der Waals surface area contributed by atoms with Crippen molar-refractivity contribution in [1.29, 1.82) is 0 Å². The van der Waals surface area contributed by atoms with Crippen LogP contribution in [0.2, 0.25) is 0 Å². The smallest absolute Gasteiger partial charge is 0.384 e. The van der Waals surface area contributed by atoms with Crippen LogP contribution in [0.4, 0.5) is 18.9 Å². The molecule has 1 aromatic rings. The standard InChI is InChI=1S/C10H7BrF3NO/c11-5-3-6-8(16)1-2-15-9(6)7(4-5)10(12,13)14/h3-4,15H,1-2H2. The van der Waals surface area contributed by atoms with Crippen LogP contribution < -0.4 is 5.32 Å². The normalized spacial score (nSPS) is 15.6. The SMILES string of the molecule is O=C1CCNc2c1cc(Br)cc2C(F)(F)F. The highest BCUT2D eigenvalue weighted by molar-refractivity contribution is 9.10. The molecule has 0 fully saturated rings. The van der Waals surface area contributed by atoms with E-state index in [1.807, 2.05) is 0 Å². The molecule has 0 aliphatic carbocycles. The lowest BCUT2D eigenvalue weighted by Crippen LogP contribution is -2.22. The molecule has 0 saturated heterocycles. The quantitative estimate of drug-likeness (QED) is 0.794. The fourth-order valence-electron chi connectivity index (χ4n) is 1.68. The maximum atomic E-state index is 12.7. The molecule has 1 aromatic carbocycles. The Hall–Kier alpha value is -1.04. The Balaban J connectivity index is 2.67. The molecule has 86 valence electrons. The molecule has 0 unspecified atom stereocenters. The first kappa shape index (κ1) is 11.4. The summed E-state index contributed by atoms with van der Waals surface area (Å²) in [5, 5.41) is 2.63. The summed E-state index contributed by atoms with van der Waals surface area (Å²) in [7, 11) is 0. The van der Waals surface area contributed by atoms with Crippen molar-refractivity contribution in [1.82, 2.24) is 0 Å². The molecule has 1 N–H and O–H groups in total. The number of hydrogen-bond acceptors (Lipinski definition) is 2. The minimum Gasteiger partial charge on any atom is -0.384 e. The van der Waals surface area contributed by atoms with Crippen LogP contribution in [0, 0.1) is 0 Å². The van der Waals surface area contributed by atoms with Gasteiger partial charge in [-0.1, -0.05) is 15.9 Å². The Labute approximate surface area is 98.0 Å². The van der Waals surface area contributed by atoms with E-state index in [9.17, 15) is 18.0 Å². The van der Waals surface area contributed by atoms with Crippen molar-refractivity contribution in [2.24, 2.45) is 0 Å². The average Bonchev–Trinajstić information content (AvgIpc) is 2.17. The lowest BCUT2D eigenvalue weighted by Gasteiger charge is -2.22. The maximum Gasteiger partial charge on any atom is 0.418 e. The van der Waals surface area contributed by atoms with Crippen LogP contribution >= 0.6 is 15.9 Å². The van der Waals surface area contributed by atoms with Gasteiger partial charge in [0, 0.05) is 23.0 Å². The Morgan fingerprint density at radius 2 is 2.00 bits per heavy atom. The van der Waals surface area contributed by atoms with E-state index in [4.69, 9.17) is 0 Å². The van der Waals surface area contributed by atoms with Crippen LogP contribution in [0.5, 0.6) is 0 Å². The van der Waals surface area contributed by atoms with Crippen LogP contribution in [0.15, 0.2) is 16.6 Å². The first-order valence-electron chi connectivity index (χ1n) is 4.57.